The van der Waals surface area contributed by atoms with Crippen LogP contribution in [0.2, 0.25) is 0 Å². The van der Waals surface area contributed by atoms with Crippen LogP contribution in [0.25, 0.3) is 5.52 Å². The molecule has 4 heterocycles. The van der Waals surface area contributed by atoms with Crippen LogP contribution < -0.4 is 10.5 Å². The lowest BCUT2D eigenvalue weighted by Gasteiger charge is -2.29. The minimum Gasteiger partial charge on any atom is -0.496 e. The van der Waals surface area contributed by atoms with Crippen molar-refractivity contribution in [2.45, 2.75) is 166 Å². The Morgan fingerprint density at radius 3 is 2.19 bits per heavy atom. The Hall–Kier alpha value is -3.67. The monoisotopic (exact) mass is 882 g/mol. The van der Waals surface area contributed by atoms with Gasteiger partial charge in [0.05, 0.1) is 44.3 Å². The number of nitriles is 2. The first-order valence-electron chi connectivity index (χ1n) is 22.4. The fourth-order valence-corrected chi connectivity index (χ4v) is 8.82. The highest BCUT2D eigenvalue weighted by Gasteiger charge is 2.65. The number of hydrogen-bond donors (Lipinski definition) is 2. The molecule has 0 aliphatic carbocycles. The number of phosphoric ester groups is 1. The maximum atomic E-state index is 13.5. The third-order valence-electron chi connectivity index (χ3n) is 11.4. The lowest BCUT2D eigenvalue weighted by Crippen LogP contribution is -2.45. The Bertz CT molecular complexity index is 1970. The van der Waals surface area contributed by atoms with Gasteiger partial charge in [0.15, 0.2) is 11.6 Å². The number of ether oxygens (including phenoxy) is 6. The van der Waals surface area contributed by atoms with Gasteiger partial charge in [0, 0.05) is 12.2 Å². The number of nitrogens with zero attached hydrogens (tertiary/aromatic N) is 5. The van der Waals surface area contributed by atoms with E-state index in [4.69, 9.17) is 43.2 Å². The summed E-state index contributed by atoms with van der Waals surface area (Å²) >= 11 is 0. The number of unbranched alkanes of at least 4 members (excludes halogenated alkanes) is 15. The van der Waals surface area contributed by atoms with E-state index in [2.05, 4.69) is 29.1 Å². The van der Waals surface area contributed by atoms with Crippen LogP contribution in [0.15, 0.2) is 36.7 Å². The maximum Gasteiger partial charge on any atom is 0.472 e. The second-order valence-electron chi connectivity index (χ2n) is 16.7. The zero-order valence-corrected chi connectivity index (χ0v) is 37.9. The van der Waals surface area contributed by atoms with E-state index >= 15 is 0 Å². The van der Waals surface area contributed by atoms with E-state index in [0.29, 0.717) is 34.7 Å². The zero-order chi connectivity index (χ0) is 44.4. The molecule has 6 atom stereocenters. The molecule has 3 aromatic rings. The number of nitrogens with two attached hydrogens (primary N) is 1. The second kappa shape index (κ2) is 24.4. The molecule has 62 heavy (non-hydrogen) atoms. The standard InChI is InChI=1S/C45H67N6O10P/c1-5-6-7-8-9-10-11-12-13-14-15-16-17-18-19-20-25-55-29-36(56-28-35-22-21-34(27-46)26-39(35)54-4)30-57-62(52,53)58-32-45(31-47)42-41(59-44(2,3)61-42)40(60-45)37-23-24-38-43(48)49-33-50-51(37)38/h21-24,26,33,36,40-42H,5-20,25,28-30,32H2,1-4H3,(H,52,53)(H2,48,49,50)/t36?,40?,41-,42-,45+/m0/s1. The van der Waals surface area contributed by atoms with Crippen molar-refractivity contribution in [1.82, 2.24) is 14.6 Å². The molecule has 5 rings (SSSR count). The van der Waals surface area contributed by atoms with Crippen molar-refractivity contribution in [2.24, 2.45) is 0 Å². The van der Waals surface area contributed by atoms with Gasteiger partial charge in [-0.3, -0.25) is 9.05 Å². The van der Waals surface area contributed by atoms with E-state index in [1.807, 2.05) is 0 Å². The predicted octanol–water partition coefficient (Wildman–Crippen LogP) is 9.04. The molecule has 1 aromatic carbocycles. The number of hydrogen-bond acceptors (Lipinski definition) is 14. The number of anilines is 1. The van der Waals surface area contributed by atoms with Crippen LogP contribution in [0.3, 0.4) is 0 Å². The average molecular weight is 883 g/mol. The van der Waals surface area contributed by atoms with Crippen LogP contribution in [-0.2, 0) is 43.9 Å². The van der Waals surface area contributed by atoms with Crippen LogP contribution in [0.5, 0.6) is 5.75 Å². The molecule has 0 bridgehead atoms. The summed E-state index contributed by atoms with van der Waals surface area (Å²) in [5.41, 5.74) is 6.34. The average Bonchev–Trinajstić information content (AvgIpc) is 3.93. The summed E-state index contributed by atoms with van der Waals surface area (Å²) in [6.07, 6.45) is 18.2. The van der Waals surface area contributed by atoms with Crippen LogP contribution in [0.4, 0.5) is 5.82 Å². The summed E-state index contributed by atoms with van der Waals surface area (Å²) < 4.78 is 62.2. The van der Waals surface area contributed by atoms with E-state index in [-0.39, 0.29) is 25.6 Å². The van der Waals surface area contributed by atoms with Crippen molar-refractivity contribution in [3.8, 4) is 17.9 Å². The Balaban J connectivity index is 1.10. The van der Waals surface area contributed by atoms with Gasteiger partial charge < -0.3 is 39.0 Å². The van der Waals surface area contributed by atoms with Crippen molar-refractivity contribution in [1.29, 1.82) is 10.5 Å². The highest BCUT2D eigenvalue weighted by atomic mass is 31.2. The van der Waals surface area contributed by atoms with Gasteiger partial charge in [0.25, 0.3) is 0 Å². The van der Waals surface area contributed by atoms with Gasteiger partial charge in [-0.05, 0) is 44.5 Å². The molecule has 2 aromatic heterocycles. The fraction of sp³-hybridized carbons (Fsp3) is 0.689. The molecule has 0 spiro atoms. The predicted molar refractivity (Wildman–Crippen MR) is 232 cm³/mol. The van der Waals surface area contributed by atoms with Crippen LogP contribution in [-0.4, -0.2) is 82.7 Å². The molecule has 0 radical (unpaired) electrons. The van der Waals surface area contributed by atoms with Crippen molar-refractivity contribution in [2.75, 3.05) is 39.3 Å². The topological polar surface area (TPSA) is 215 Å². The van der Waals surface area contributed by atoms with Gasteiger partial charge >= 0.3 is 7.82 Å². The van der Waals surface area contributed by atoms with Gasteiger partial charge in [-0.15, -0.1) is 0 Å². The Morgan fingerprint density at radius 1 is 0.903 bits per heavy atom. The minimum absolute atomic E-state index is 0.0514. The molecule has 0 amide bonds. The van der Waals surface area contributed by atoms with E-state index in [1.165, 1.54) is 96.9 Å². The number of benzene rings is 1. The SMILES string of the molecule is CCCCCCCCCCCCCCCCCCOCC(COP(=O)(O)OC[C@@]1(C#N)OC(c2ccc3c(N)ncnn23)[C@@H]2OC(C)(C)O[C@@H]21)OCc1ccc(C#N)cc1OC. The quantitative estimate of drug-likeness (QED) is 0.0472. The molecule has 0 saturated carbocycles. The smallest absolute Gasteiger partial charge is 0.472 e. The molecular weight excluding hydrogens is 816 g/mol. The lowest BCUT2D eigenvalue weighted by atomic mass is 9.96. The van der Waals surface area contributed by atoms with Gasteiger partial charge in [0.2, 0.25) is 5.60 Å². The molecule has 2 aliphatic rings. The first kappa shape index (κ1) is 49.3. The zero-order valence-electron chi connectivity index (χ0n) is 37.0. The van der Waals surface area contributed by atoms with Crippen molar-refractivity contribution >= 4 is 19.2 Å². The number of rotatable bonds is 30. The second-order valence-corrected chi connectivity index (χ2v) is 18.2. The summed E-state index contributed by atoms with van der Waals surface area (Å²) in [6.45, 7) is 5.24. The number of aromatic nitrogens is 3. The third-order valence-corrected chi connectivity index (χ3v) is 12.3. The first-order chi connectivity index (χ1) is 29.9. The Kier molecular flexibility index (Phi) is 19.4. The molecule has 2 saturated heterocycles. The van der Waals surface area contributed by atoms with Gasteiger partial charge in [0.1, 0.15) is 54.7 Å². The molecule has 342 valence electrons. The fourth-order valence-electron chi connectivity index (χ4n) is 8.03. The molecule has 17 heteroatoms. The van der Waals surface area contributed by atoms with Gasteiger partial charge in [-0.25, -0.2) is 14.1 Å². The normalized spacial score (nSPS) is 22.0. The highest BCUT2D eigenvalue weighted by molar-refractivity contribution is 7.47. The van der Waals surface area contributed by atoms with Gasteiger partial charge in [-0.1, -0.05) is 109 Å². The van der Waals surface area contributed by atoms with E-state index in [9.17, 15) is 20.0 Å². The summed E-state index contributed by atoms with van der Waals surface area (Å²) in [6, 6.07) is 12.7. The summed E-state index contributed by atoms with van der Waals surface area (Å²) in [4.78, 5) is 15.0. The number of methoxy groups -OCH3 is 1. The number of nitrogen functional groups attached to an aromatic ring is 1. The molecule has 2 fully saturated rings. The minimum atomic E-state index is -4.81. The number of phosphoric acid groups is 1. The van der Waals surface area contributed by atoms with Gasteiger partial charge in [-0.2, -0.15) is 15.6 Å². The van der Waals surface area contributed by atoms with E-state index < -0.39 is 50.2 Å². The maximum absolute atomic E-state index is 13.5. The largest absolute Gasteiger partial charge is 0.496 e. The summed E-state index contributed by atoms with van der Waals surface area (Å²) in [7, 11) is -3.31. The van der Waals surface area contributed by atoms with E-state index in [1.54, 1.807) is 48.7 Å². The Labute approximate surface area is 366 Å². The number of fused-ring (bicyclic) bond motifs is 2. The molecule has 2 aliphatic heterocycles. The first-order valence-corrected chi connectivity index (χ1v) is 23.9. The van der Waals surface area contributed by atoms with E-state index in [0.717, 1.165) is 19.3 Å². The van der Waals surface area contributed by atoms with Crippen molar-refractivity contribution in [3.63, 3.8) is 0 Å². The molecule has 3 unspecified atom stereocenters. The third kappa shape index (κ3) is 14.2. The van der Waals surface area contributed by atoms with Crippen LogP contribution in [0, 0.1) is 22.7 Å². The molecule has 3 N–H and O–H groups in total. The summed E-state index contributed by atoms with van der Waals surface area (Å²) in [5.74, 6) is -0.384. The lowest BCUT2D eigenvalue weighted by molar-refractivity contribution is -0.204. The molecule has 16 nitrogen and oxygen atoms in total. The van der Waals surface area contributed by atoms with Crippen molar-refractivity contribution in [3.05, 3.63) is 53.5 Å². The van der Waals surface area contributed by atoms with Crippen molar-refractivity contribution < 1.29 is 46.9 Å². The molecular formula is C45H67N6O10P. The Morgan fingerprint density at radius 2 is 1.56 bits per heavy atom. The summed E-state index contributed by atoms with van der Waals surface area (Å²) in [5, 5.41) is 24.2. The van der Waals surface area contributed by atoms with Crippen LogP contribution >= 0.6 is 7.82 Å². The highest BCUT2D eigenvalue weighted by Crippen LogP contribution is 2.52. The van der Waals surface area contributed by atoms with Crippen LogP contribution in [0.1, 0.15) is 146 Å².